The van der Waals surface area contributed by atoms with Gasteiger partial charge in [0.25, 0.3) is 0 Å². The molecule has 0 saturated carbocycles. The first-order chi connectivity index (χ1) is 8.47. The van der Waals surface area contributed by atoms with Crippen LogP contribution in [-0.2, 0) is 22.1 Å². The van der Waals surface area contributed by atoms with E-state index in [1.54, 1.807) is 6.08 Å². The average molecular weight is 256 g/mol. The summed E-state index contributed by atoms with van der Waals surface area (Å²) in [4.78, 5) is 11.7. The highest BCUT2D eigenvalue weighted by atomic mass is 19.4. The van der Waals surface area contributed by atoms with E-state index in [9.17, 15) is 18.0 Å². The molecule has 2 nitrogen and oxygen atoms in total. The third kappa shape index (κ3) is 2.91. The molecule has 2 rings (SSSR count). The molecule has 1 aliphatic heterocycles. The number of carbonyl (C=O) groups excluding carboxylic acids is 1. The number of allylic oxidation sites excluding steroid dienone is 1. The molecule has 1 heterocycles. The van der Waals surface area contributed by atoms with Crippen molar-refractivity contribution in [2.24, 2.45) is 0 Å². The summed E-state index contributed by atoms with van der Waals surface area (Å²) in [5.41, 5.74) is -0.402. The Bertz CT molecular complexity index is 489. The van der Waals surface area contributed by atoms with Crippen molar-refractivity contribution in [1.29, 1.82) is 0 Å². The van der Waals surface area contributed by atoms with Gasteiger partial charge in [0.1, 0.15) is 0 Å². The summed E-state index contributed by atoms with van der Waals surface area (Å²) >= 11 is 0. The molecule has 0 unspecified atom stereocenters. The first-order valence-corrected chi connectivity index (χ1v) is 5.49. The number of Topliss-reactive ketones (excluding diaryl/α,β-unsaturated/α-hetero) is 1. The van der Waals surface area contributed by atoms with Gasteiger partial charge >= 0.3 is 6.18 Å². The highest BCUT2D eigenvalue weighted by Gasteiger charge is 2.30. The summed E-state index contributed by atoms with van der Waals surface area (Å²) in [5, 5.41) is 0. The van der Waals surface area contributed by atoms with E-state index in [2.05, 4.69) is 0 Å². The van der Waals surface area contributed by atoms with E-state index < -0.39 is 11.7 Å². The lowest BCUT2D eigenvalue weighted by atomic mass is 10.0. The highest BCUT2D eigenvalue weighted by molar-refractivity contribution is 5.95. The molecule has 96 valence electrons. The summed E-state index contributed by atoms with van der Waals surface area (Å²) < 4.78 is 42.5. The molecule has 1 aromatic rings. The fourth-order valence-electron chi connectivity index (χ4n) is 1.74. The number of rotatable bonds is 3. The zero-order valence-electron chi connectivity index (χ0n) is 9.46. The van der Waals surface area contributed by atoms with E-state index in [1.165, 1.54) is 12.1 Å². The van der Waals surface area contributed by atoms with Crippen LogP contribution in [0.4, 0.5) is 13.2 Å². The third-order valence-electron chi connectivity index (χ3n) is 2.60. The molecule has 0 radical (unpaired) electrons. The highest BCUT2D eigenvalue weighted by Crippen LogP contribution is 2.29. The SMILES string of the molecule is O=C(Cc1cccc(C(F)(F)F)c1)C1=CCCO1. The molecule has 0 atom stereocenters. The molecule has 18 heavy (non-hydrogen) atoms. The molecule has 0 bridgehead atoms. The Balaban J connectivity index is 2.12. The van der Waals surface area contributed by atoms with E-state index >= 15 is 0 Å². The molecular formula is C13H11F3O2. The molecule has 0 aliphatic carbocycles. The fourth-order valence-corrected chi connectivity index (χ4v) is 1.74. The summed E-state index contributed by atoms with van der Waals surface area (Å²) in [6, 6.07) is 4.78. The maximum atomic E-state index is 12.5. The standard InChI is InChI=1S/C13H11F3O2/c14-13(15,16)10-4-1-3-9(7-10)8-11(17)12-5-2-6-18-12/h1,3-5,7H,2,6,8H2. The topological polar surface area (TPSA) is 26.3 Å². The molecule has 1 aliphatic rings. The Morgan fingerprint density at radius 3 is 2.72 bits per heavy atom. The van der Waals surface area contributed by atoms with Crippen LogP contribution in [-0.4, -0.2) is 12.4 Å². The zero-order chi connectivity index (χ0) is 13.2. The van der Waals surface area contributed by atoms with Crippen molar-refractivity contribution in [3.05, 3.63) is 47.2 Å². The van der Waals surface area contributed by atoms with Gasteiger partial charge in [-0.2, -0.15) is 13.2 Å². The van der Waals surface area contributed by atoms with Crippen molar-refractivity contribution in [2.75, 3.05) is 6.61 Å². The predicted octanol–water partition coefficient (Wildman–Crippen LogP) is 3.12. The molecule has 0 aromatic heterocycles. The van der Waals surface area contributed by atoms with Crippen LogP contribution in [0.1, 0.15) is 17.5 Å². The van der Waals surface area contributed by atoms with Crippen molar-refractivity contribution >= 4 is 5.78 Å². The number of alkyl halides is 3. The smallest absolute Gasteiger partial charge is 0.416 e. The van der Waals surface area contributed by atoms with Gasteiger partial charge in [0.15, 0.2) is 5.76 Å². The van der Waals surface area contributed by atoms with Crippen LogP contribution >= 0.6 is 0 Å². The van der Waals surface area contributed by atoms with E-state index in [1.807, 2.05) is 0 Å². The van der Waals surface area contributed by atoms with Crippen LogP contribution in [0, 0.1) is 0 Å². The van der Waals surface area contributed by atoms with Gasteiger partial charge in [-0.05, 0) is 17.7 Å². The number of ketones is 1. The van der Waals surface area contributed by atoms with Gasteiger partial charge in [-0.15, -0.1) is 0 Å². The Morgan fingerprint density at radius 1 is 1.33 bits per heavy atom. The van der Waals surface area contributed by atoms with Gasteiger partial charge in [-0.25, -0.2) is 0 Å². The molecule has 0 N–H and O–H groups in total. The van der Waals surface area contributed by atoms with E-state index in [4.69, 9.17) is 4.74 Å². The Hall–Kier alpha value is -1.78. The van der Waals surface area contributed by atoms with Gasteiger partial charge in [-0.3, -0.25) is 4.79 Å². The van der Waals surface area contributed by atoms with Crippen molar-refractivity contribution in [2.45, 2.75) is 19.0 Å². The van der Waals surface area contributed by atoms with Crippen molar-refractivity contribution < 1.29 is 22.7 Å². The van der Waals surface area contributed by atoms with Crippen LogP contribution in [0.25, 0.3) is 0 Å². The normalized spacial score (nSPS) is 15.2. The van der Waals surface area contributed by atoms with Crippen molar-refractivity contribution in [3.63, 3.8) is 0 Å². The molecular weight excluding hydrogens is 245 g/mol. The van der Waals surface area contributed by atoms with E-state index in [-0.39, 0.29) is 18.0 Å². The van der Waals surface area contributed by atoms with Gasteiger partial charge in [0.2, 0.25) is 5.78 Å². The minimum atomic E-state index is -4.39. The van der Waals surface area contributed by atoms with Gasteiger partial charge in [-0.1, -0.05) is 18.2 Å². The zero-order valence-corrected chi connectivity index (χ0v) is 9.46. The predicted molar refractivity (Wildman–Crippen MR) is 58.8 cm³/mol. The second kappa shape index (κ2) is 4.84. The van der Waals surface area contributed by atoms with Gasteiger partial charge in [0, 0.05) is 12.8 Å². The third-order valence-corrected chi connectivity index (χ3v) is 2.60. The average Bonchev–Trinajstić information content (AvgIpc) is 2.81. The Morgan fingerprint density at radius 2 is 2.11 bits per heavy atom. The number of halogens is 3. The molecule has 5 heteroatoms. The van der Waals surface area contributed by atoms with E-state index in [0.29, 0.717) is 18.6 Å². The van der Waals surface area contributed by atoms with Crippen molar-refractivity contribution in [3.8, 4) is 0 Å². The van der Waals surface area contributed by atoms with Crippen LogP contribution in [0.2, 0.25) is 0 Å². The van der Waals surface area contributed by atoms with Crippen LogP contribution in [0.15, 0.2) is 36.1 Å². The van der Waals surface area contributed by atoms with Crippen LogP contribution in [0.5, 0.6) is 0 Å². The number of carbonyl (C=O) groups is 1. The Kier molecular flexibility index (Phi) is 3.41. The summed E-state index contributed by atoms with van der Waals surface area (Å²) in [5.74, 6) is -0.0285. The molecule has 0 spiro atoms. The molecule has 1 aromatic carbocycles. The second-order valence-electron chi connectivity index (χ2n) is 4.00. The number of benzene rings is 1. The summed E-state index contributed by atoms with van der Waals surface area (Å²) in [7, 11) is 0. The lowest BCUT2D eigenvalue weighted by Gasteiger charge is -2.08. The molecule has 0 amide bonds. The fraction of sp³-hybridized carbons (Fsp3) is 0.308. The first kappa shape index (κ1) is 12.7. The minimum Gasteiger partial charge on any atom is -0.490 e. The maximum absolute atomic E-state index is 12.5. The number of ether oxygens (including phenoxy) is 1. The lowest BCUT2D eigenvalue weighted by Crippen LogP contribution is -2.09. The van der Waals surface area contributed by atoms with Crippen LogP contribution < -0.4 is 0 Å². The lowest BCUT2D eigenvalue weighted by molar-refractivity contribution is -0.137. The number of hydrogen-bond acceptors (Lipinski definition) is 2. The first-order valence-electron chi connectivity index (χ1n) is 5.49. The van der Waals surface area contributed by atoms with Gasteiger partial charge in [0.05, 0.1) is 12.2 Å². The molecule has 0 fully saturated rings. The Labute approximate surface area is 102 Å². The maximum Gasteiger partial charge on any atom is 0.416 e. The largest absolute Gasteiger partial charge is 0.490 e. The van der Waals surface area contributed by atoms with Crippen molar-refractivity contribution in [1.82, 2.24) is 0 Å². The minimum absolute atomic E-state index is 0.0737. The summed E-state index contributed by atoms with van der Waals surface area (Å²) in [6.45, 7) is 0.462. The monoisotopic (exact) mass is 256 g/mol. The summed E-state index contributed by atoms with van der Waals surface area (Å²) in [6.07, 6.45) is -2.13. The number of hydrogen-bond donors (Lipinski definition) is 0. The van der Waals surface area contributed by atoms with E-state index in [0.717, 1.165) is 12.1 Å². The second-order valence-corrected chi connectivity index (χ2v) is 4.00. The van der Waals surface area contributed by atoms with Gasteiger partial charge < -0.3 is 4.74 Å². The quantitative estimate of drug-likeness (QED) is 0.830. The molecule has 0 saturated heterocycles. The van der Waals surface area contributed by atoms with Crippen LogP contribution in [0.3, 0.4) is 0 Å².